The van der Waals surface area contributed by atoms with Gasteiger partial charge in [0.2, 0.25) is 0 Å². The zero-order valence-corrected chi connectivity index (χ0v) is 16.7. The van der Waals surface area contributed by atoms with Crippen LogP contribution in [-0.4, -0.2) is 30.3 Å². The van der Waals surface area contributed by atoms with E-state index in [9.17, 15) is 0 Å². The molecule has 130 valence electrons. The van der Waals surface area contributed by atoms with Gasteiger partial charge in [-0.15, -0.1) is 11.3 Å². The van der Waals surface area contributed by atoms with Gasteiger partial charge in [-0.25, -0.2) is 0 Å². The molecule has 0 saturated heterocycles. The second-order valence-electron chi connectivity index (χ2n) is 6.08. The number of hydrogen-bond donors (Lipinski definition) is 1. The van der Waals surface area contributed by atoms with Crippen molar-refractivity contribution in [3.63, 3.8) is 0 Å². The molecule has 0 aliphatic heterocycles. The summed E-state index contributed by atoms with van der Waals surface area (Å²) in [5.41, 5.74) is 4.80. The largest absolute Gasteiger partial charge is 0.383 e. The van der Waals surface area contributed by atoms with Crippen molar-refractivity contribution < 1.29 is 4.74 Å². The second kappa shape index (κ2) is 8.60. The number of nitrogens with zero attached hydrogens (tertiary/aromatic N) is 1. The van der Waals surface area contributed by atoms with Crippen LogP contribution in [-0.2, 0) is 4.74 Å². The minimum atomic E-state index is 0.214. The number of methoxy groups -OCH3 is 1. The molecule has 1 atom stereocenters. The lowest BCUT2D eigenvalue weighted by Gasteiger charge is -2.32. The van der Waals surface area contributed by atoms with E-state index in [1.807, 2.05) is 0 Å². The van der Waals surface area contributed by atoms with Gasteiger partial charge >= 0.3 is 0 Å². The van der Waals surface area contributed by atoms with Crippen molar-refractivity contribution in [2.45, 2.75) is 33.7 Å². The third-order valence-corrected chi connectivity index (χ3v) is 5.51. The molecule has 2 rings (SSSR count). The maximum atomic E-state index is 5.74. The number of nitrogens with one attached hydrogen (secondary N) is 1. The van der Waals surface area contributed by atoms with Gasteiger partial charge in [0.15, 0.2) is 5.11 Å². The van der Waals surface area contributed by atoms with E-state index in [2.05, 4.69) is 67.6 Å². The molecule has 1 aromatic carbocycles. The summed E-state index contributed by atoms with van der Waals surface area (Å²) in [5.74, 6) is 0. The van der Waals surface area contributed by atoms with Crippen LogP contribution in [0.2, 0.25) is 0 Å². The first kappa shape index (κ1) is 18.9. The van der Waals surface area contributed by atoms with Crippen molar-refractivity contribution in [3.8, 4) is 0 Å². The van der Waals surface area contributed by atoms with Crippen molar-refractivity contribution in [1.29, 1.82) is 0 Å². The molecule has 2 aromatic rings. The number of ether oxygens (including phenoxy) is 1. The Bertz CT molecular complexity index is 660. The van der Waals surface area contributed by atoms with E-state index < -0.39 is 0 Å². The molecule has 0 amide bonds. The van der Waals surface area contributed by atoms with Gasteiger partial charge in [0, 0.05) is 24.2 Å². The van der Waals surface area contributed by atoms with E-state index in [0.29, 0.717) is 6.61 Å². The van der Waals surface area contributed by atoms with Crippen LogP contribution in [0.15, 0.2) is 29.6 Å². The Morgan fingerprint density at radius 3 is 2.50 bits per heavy atom. The van der Waals surface area contributed by atoms with Crippen LogP contribution in [0, 0.1) is 20.8 Å². The zero-order chi connectivity index (χ0) is 17.7. The highest BCUT2D eigenvalue weighted by molar-refractivity contribution is 7.80. The average molecular weight is 363 g/mol. The van der Waals surface area contributed by atoms with Gasteiger partial charge in [0.25, 0.3) is 0 Å². The van der Waals surface area contributed by atoms with E-state index >= 15 is 0 Å². The SMILES string of the molecule is COCCN(C(=S)Nc1c(C)cc(C)cc1C)[C@H](C)c1cccs1. The first-order valence-electron chi connectivity index (χ1n) is 8.11. The lowest BCUT2D eigenvalue weighted by atomic mass is 10.1. The number of thiocarbonyl (C=S) groups is 1. The Kier molecular flexibility index (Phi) is 6.78. The molecule has 0 spiro atoms. The highest BCUT2D eigenvalue weighted by Gasteiger charge is 2.20. The molecule has 1 heterocycles. The van der Waals surface area contributed by atoms with Gasteiger partial charge in [-0.05, 0) is 62.5 Å². The quantitative estimate of drug-likeness (QED) is 0.724. The zero-order valence-electron chi connectivity index (χ0n) is 15.1. The van der Waals surface area contributed by atoms with Crippen molar-refractivity contribution in [2.24, 2.45) is 0 Å². The Labute approximate surface area is 154 Å². The number of aryl methyl sites for hydroxylation is 3. The molecule has 0 fully saturated rings. The van der Waals surface area contributed by atoms with Crippen LogP contribution in [0.3, 0.4) is 0 Å². The average Bonchev–Trinajstić information content (AvgIpc) is 3.05. The molecule has 0 aliphatic rings. The molecule has 1 aromatic heterocycles. The van der Waals surface area contributed by atoms with Gasteiger partial charge in [-0.1, -0.05) is 23.8 Å². The van der Waals surface area contributed by atoms with Crippen molar-refractivity contribution in [2.75, 3.05) is 25.6 Å². The predicted octanol–water partition coefficient (Wildman–Crippen LogP) is 5.08. The summed E-state index contributed by atoms with van der Waals surface area (Å²) < 4.78 is 5.28. The topological polar surface area (TPSA) is 24.5 Å². The minimum absolute atomic E-state index is 0.214. The Hall–Kier alpha value is -1.43. The van der Waals surface area contributed by atoms with Gasteiger partial charge in [-0.2, -0.15) is 0 Å². The Balaban J connectivity index is 2.22. The molecule has 5 heteroatoms. The van der Waals surface area contributed by atoms with Crippen LogP contribution in [0.4, 0.5) is 5.69 Å². The molecule has 0 radical (unpaired) electrons. The number of hydrogen-bond acceptors (Lipinski definition) is 3. The molecule has 3 nitrogen and oxygen atoms in total. The fourth-order valence-electron chi connectivity index (χ4n) is 2.90. The number of thiophene rings is 1. The van der Waals surface area contributed by atoms with Crippen molar-refractivity contribution in [1.82, 2.24) is 4.90 Å². The monoisotopic (exact) mass is 362 g/mol. The van der Waals surface area contributed by atoms with Crippen LogP contribution >= 0.6 is 23.6 Å². The summed E-state index contributed by atoms with van der Waals surface area (Å²) in [6.07, 6.45) is 0. The second-order valence-corrected chi connectivity index (χ2v) is 7.45. The number of anilines is 1. The predicted molar refractivity (Wildman–Crippen MR) is 108 cm³/mol. The van der Waals surface area contributed by atoms with Gasteiger partial charge < -0.3 is 15.0 Å². The summed E-state index contributed by atoms with van der Waals surface area (Å²) >= 11 is 7.49. The standard InChI is InChI=1S/C19H26N2OS2/c1-13-11-14(2)18(15(3)12-13)20-19(23)21(8-9-22-5)16(4)17-7-6-10-24-17/h6-7,10-12,16H,8-9H2,1-5H3,(H,20,23)/t16-/m1/s1. The van der Waals surface area contributed by atoms with E-state index in [1.165, 1.54) is 21.6 Å². The van der Waals surface area contributed by atoms with Gasteiger partial charge in [0.1, 0.15) is 0 Å². The molecule has 1 N–H and O–H groups in total. The first-order chi connectivity index (χ1) is 11.4. The first-order valence-corrected chi connectivity index (χ1v) is 9.40. The summed E-state index contributed by atoms with van der Waals surface area (Å²) in [4.78, 5) is 3.50. The molecule has 0 unspecified atom stereocenters. The molecule has 0 aliphatic carbocycles. The highest BCUT2D eigenvalue weighted by atomic mass is 32.1. The maximum Gasteiger partial charge on any atom is 0.174 e. The normalized spacial score (nSPS) is 12.0. The van der Waals surface area contributed by atoms with Crippen LogP contribution in [0.25, 0.3) is 0 Å². The van der Waals surface area contributed by atoms with E-state index in [0.717, 1.165) is 17.3 Å². The van der Waals surface area contributed by atoms with Crippen molar-refractivity contribution in [3.05, 3.63) is 51.2 Å². The Morgan fingerprint density at radius 2 is 1.96 bits per heavy atom. The third-order valence-electron chi connectivity index (χ3n) is 4.13. The smallest absolute Gasteiger partial charge is 0.174 e. The maximum absolute atomic E-state index is 5.74. The number of rotatable bonds is 6. The summed E-state index contributed by atoms with van der Waals surface area (Å²) in [6, 6.07) is 8.81. The highest BCUT2D eigenvalue weighted by Crippen LogP contribution is 2.27. The van der Waals surface area contributed by atoms with Gasteiger partial charge in [0.05, 0.1) is 12.6 Å². The molecule has 0 bridgehead atoms. The fourth-order valence-corrected chi connectivity index (χ4v) is 4.05. The summed E-state index contributed by atoms with van der Waals surface area (Å²) in [7, 11) is 1.72. The summed E-state index contributed by atoms with van der Waals surface area (Å²) in [5, 5.41) is 6.31. The molecule has 24 heavy (non-hydrogen) atoms. The van der Waals surface area contributed by atoms with E-state index in [4.69, 9.17) is 17.0 Å². The summed E-state index contributed by atoms with van der Waals surface area (Å²) in [6.45, 7) is 9.94. The Morgan fingerprint density at radius 1 is 1.29 bits per heavy atom. The molecule has 0 saturated carbocycles. The number of benzene rings is 1. The van der Waals surface area contributed by atoms with E-state index in [1.54, 1.807) is 18.4 Å². The van der Waals surface area contributed by atoms with Crippen LogP contribution in [0.5, 0.6) is 0 Å². The fraction of sp³-hybridized carbons (Fsp3) is 0.421. The lowest BCUT2D eigenvalue weighted by Crippen LogP contribution is -2.39. The van der Waals surface area contributed by atoms with Crippen LogP contribution in [0.1, 0.15) is 34.5 Å². The van der Waals surface area contributed by atoms with Crippen molar-refractivity contribution >= 4 is 34.4 Å². The molecular formula is C19H26N2OS2. The van der Waals surface area contributed by atoms with Crippen LogP contribution < -0.4 is 5.32 Å². The molecular weight excluding hydrogens is 336 g/mol. The van der Waals surface area contributed by atoms with Gasteiger partial charge in [-0.3, -0.25) is 0 Å². The lowest BCUT2D eigenvalue weighted by molar-refractivity contribution is 0.166. The van der Waals surface area contributed by atoms with E-state index in [-0.39, 0.29) is 6.04 Å². The third kappa shape index (κ3) is 4.56. The minimum Gasteiger partial charge on any atom is -0.383 e.